The van der Waals surface area contributed by atoms with Crippen LogP contribution >= 0.6 is 0 Å². The molecule has 2 saturated heterocycles. The molecule has 2 aliphatic heterocycles. The first-order valence-electron chi connectivity index (χ1n) is 8.03. The van der Waals surface area contributed by atoms with Crippen LogP contribution in [-0.2, 0) is 9.53 Å². The Morgan fingerprint density at radius 2 is 2.12 bits per heavy atom. The molecule has 7 heteroatoms. The van der Waals surface area contributed by atoms with E-state index in [0.29, 0.717) is 26.2 Å². The minimum absolute atomic E-state index is 0.0433. The average Bonchev–Trinajstić information content (AvgIpc) is 3.24. The zero-order valence-corrected chi connectivity index (χ0v) is 14.0. The first kappa shape index (κ1) is 16.4. The van der Waals surface area contributed by atoms with Gasteiger partial charge in [0.05, 0.1) is 20.8 Å². The highest BCUT2D eigenvalue weighted by molar-refractivity contribution is 5.83. The second-order valence-electron chi connectivity index (χ2n) is 5.97. The zero-order valence-electron chi connectivity index (χ0n) is 14.0. The number of carbonyl (C=O) groups is 2. The van der Waals surface area contributed by atoms with Gasteiger partial charge in [0.2, 0.25) is 5.91 Å². The molecule has 1 aromatic carbocycles. The third-order valence-electron chi connectivity index (χ3n) is 4.59. The molecule has 1 unspecified atom stereocenters. The molecule has 130 valence electrons. The molecule has 24 heavy (non-hydrogen) atoms. The van der Waals surface area contributed by atoms with Crippen LogP contribution in [0.2, 0.25) is 0 Å². The maximum atomic E-state index is 12.4. The lowest BCUT2D eigenvalue weighted by Crippen LogP contribution is -2.39. The van der Waals surface area contributed by atoms with Gasteiger partial charge in [0.25, 0.3) is 0 Å². The zero-order chi connectivity index (χ0) is 17.1. The number of hydrogen-bond donors (Lipinski definition) is 0. The van der Waals surface area contributed by atoms with Crippen molar-refractivity contribution in [1.29, 1.82) is 0 Å². The van der Waals surface area contributed by atoms with E-state index in [1.165, 1.54) is 4.90 Å². The number of methoxy groups -OCH3 is 2. The highest BCUT2D eigenvalue weighted by atomic mass is 16.6. The van der Waals surface area contributed by atoms with Gasteiger partial charge in [-0.05, 0) is 24.6 Å². The van der Waals surface area contributed by atoms with E-state index in [1.54, 1.807) is 19.1 Å². The van der Waals surface area contributed by atoms with Gasteiger partial charge in [0, 0.05) is 24.6 Å². The van der Waals surface area contributed by atoms with Crippen molar-refractivity contribution in [1.82, 2.24) is 9.80 Å². The summed E-state index contributed by atoms with van der Waals surface area (Å²) in [7, 11) is 3.27. The predicted octanol–water partition coefficient (Wildman–Crippen LogP) is 1.47. The van der Waals surface area contributed by atoms with Gasteiger partial charge in [-0.1, -0.05) is 0 Å². The third kappa shape index (κ3) is 3.25. The van der Waals surface area contributed by atoms with Crippen molar-refractivity contribution in [3.8, 4) is 11.5 Å². The summed E-state index contributed by atoms with van der Waals surface area (Å²) in [6, 6.07) is 5.72. The fraction of sp³-hybridized carbons (Fsp3) is 0.529. The number of rotatable bonds is 5. The second kappa shape index (κ2) is 6.98. The lowest BCUT2D eigenvalue weighted by Gasteiger charge is -2.20. The minimum Gasteiger partial charge on any atom is -0.497 e. The Hall–Kier alpha value is -2.44. The summed E-state index contributed by atoms with van der Waals surface area (Å²) in [6.07, 6.45) is 0.452. The molecule has 0 bridgehead atoms. The summed E-state index contributed by atoms with van der Waals surface area (Å²) in [5.74, 6) is 1.73. The molecule has 0 saturated carbocycles. The summed E-state index contributed by atoms with van der Waals surface area (Å²) in [6.45, 7) is 2.21. The molecule has 1 atom stereocenters. The Kier molecular flexibility index (Phi) is 4.78. The molecule has 0 radical (unpaired) electrons. The van der Waals surface area contributed by atoms with E-state index in [4.69, 9.17) is 14.2 Å². The van der Waals surface area contributed by atoms with Gasteiger partial charge in [-0.15, -0.1) is 0 Å². The van der Waals surface area contributed by atoms with Crippen molar-refractivity contribution in [3.05, 3.63) is 23.8 Å². The van der Waals surface area contributed by atoms with Crippen LogP contribution in [0.4, 0.5) is 4.79 Å². The number of amides is 2. The lowest BCUT2D eigenvalue weighted by molar-refractivity contribution is -0.130. The predicted molar refractivity (Wildman–Crippen MR) is 86.4 cm³/mol. The second-order valence-corrected chi connectivity index (χ2v) is 5.97. The smallest absolute Gasteiger partial charge is 0.410 e. The van der Waals surface area contributed by atoms with Crippen LogP contribution in [0.15, 0.2) is 18.2 Å². The largest absolute Gasteiger partial charge is 0.497 e. The first-order chi connectivity index (χ1) is 11.6. The van der Waals surface area contributed by atoms with E-state index in [0.717, 1.165) is 23.5 Å². The summed E-state index contributed by atoms with van der Waals surface area (Å²) in [5, 5.41) is 0. The number of hydrogen-bond acceptors (Lipinski definition) is 5. The van der Waals surface area contributed by atoms with Crippen molar-refractivity contribution < 1.29 is 23.8 Å². The van der Waals surface area contributed by atoms with E-state index < -0.39 is 6.09 Å². The summed E-state index contributed by atoms with van der Waals surface area (Å²) < 4.78 is 15.6. The van der Waals surface area contributed by atoms with Crippen molar-refractivity contribution >= 4 is 12.0 Å². The molecule has 0 aliphatic carbocycles. The Morgan fingerprint density at radius 3 is 2.79 bits per heavy atom. The van der Waals surface area contributed by atoms with Crippen LogP contribution in [0.1, 0.15) is 17.9 Å². The summed E-state index contributed by atoms with van der Waals surface area (Å²) in [5.41, 5.74) is 1.05. The molecule has 0 N–H and O–H groups in total. The van der Waals surface area contributed by atoms with Crippen molar-refractivity contribution in [2.45, 2.75) is 12.3 Å². The molecule has 7 nitrogen and oxygen atoms in total. The fourth-order valence-electron chi connectivity index (χ4n) is 3.23. The Morgan fingerprint density at radius 1 is 1.29 bits per heavy atom. The number of benzene rings is 1. The Labute approximate surface area is 141 Å². The average molecular weight is 334 g/mol. The minimum atomic E-state index is -0.409. The maximum absolute atomic E-state index is 12.4. The van der Waals surface area contributed by atoms with Gasteiger partial charge in [-0.2, -0.15) is 0 Å². The Balaban J connectivity index is 1.66. The number of ether oxygens (including phenoxy) is 3. The summed E-state index contributed by atoms with van der Waals surface area (Å²) >= 11 is 0. The SMILES string of the molecule is COc1ccc(OC)c(C2CCN(C(=O)CN3CCOC3=O)C2)c1. The molecule has 2 aliphatic rings. The molecule has 0 spiro atoms. The van der Waals surface area contributed by atoms with Gasteiger partial charge < -0.3 is 19.1 Å². The molecule has 2 amide bonds. The topological polar surface area (TPSA) is 68.3 Å². The highest BCUT2D eigenvalue weighted by Gasteiger charge is 2.32. The molecule has 2 heterocycles. The lowest BCUT2D eigenvalue weighted by atomic mass is 9.97. The number of carbonyl (C=O) groups excluding carboxylic acids is 2. The van der Waals surface area contributed by atoms with Gasteiger partial charge in [-0.25, -0.2) is 4.79 Å². The number of likely N-dealkylation sites (tertiary alicyclic amines) is 1. The Bertz CT molecular complexity index is 633. The normalized spacial score (nSPS) is 20.2. The van der Waals surface area contributed by atoms with E-state index in [-0.39, 0.29) is 18.4 Å². The van der Waals surface area contributed by atoms with Crippen LogP contribution in [0.25, 0.3) is 0 Å². The van der Waals surface area contributed by atoms with Crippen molar-refractivity contribution in [2.75, 3.05) is 47.0 Å². The molecular weight excluding hydrogens is 312 g/mol. The van der Waals surface area contributed by atoms with E-state index >= 15 is 0 Å². The van der Waals surface area contributed by atoms with Gasteiger partial charge >= 0.3 is 6.09 Å². The number of cyclic esters (lactones) is 1. The van der Waals surface area contributed by atoms with E-state index in [1.807, 2.05) is 18.2 Å². The molecule has 3 rings (SSSR count). The summed E-state index contributed by atoms with van der Waals surface area (Å²) in [4.78, 5) is 27.1. The van der Waals surface area contributed by atoms with Gasteiger partial charge in [0.1, 0.15) is 24.7 Å². The maximum Gasteiger partial charge on any atom is 0.410 e. The van der Waals surface area contributed by atoms with Crippen LogP contribution in [0, 0.1) is 0 Å². The standard InChI is InChI=1S/C17H22N2O5/c1-22-13-3-4-15(23-2)14(9-13)12-5-6-18(10-12)16(20)11-19-7-8-24-17(19)21/h3-4,9,12H,5-8,10-11H2,1-2H3. The van der Waals surface area contributed by atoms with Crippen LogP contribution in [0.3, 0.4) is 0 Å². The first-order valence-corrected chi connectivity index (χ1v) is 8.03. The molecule has 2 fully saturated rings. The van der Waals surface area contributed by atoms with E-state index in [9.17, 15) is 9.59 Å². The molecule has 1 aromatic rings. The van der Waals surface area contributed by atoms with Gasteiger partial charge in [-0.3, -0.25) is 9.69 Å². The third-order valence-corrected chi connectivity index (χ3v) is 4.59. The molecular formula is C17H22N2O5. The quantitative estimate of drug-likeness (QED) is 0.816. The van der Waals surface area contributed by atoms with Gasteiger partial charge in [0.15, 0.2) is 0 Å². The van der Waals surface area contributed by atoms with Crippen LogP contribution in [-0.4, -0.2) is 68.8 Å². The molecule has 0 aromatic heterocycles. The van der Waals surface area contributed by atoms with E-state index in [2.05, 4.69) is 0 Å². The van der Waals surface area contributed by atoms with Crippen LogP contribution in [0.5, 0.6) is 11.5 Å². The van der Waals surface area contributed by atoms with Crippen molar-refractivity contribution in [2.24, 2.45) is 0 Å². The number of nitrogens with zero attached hydrogens (tertiary/aromatic N) is 2. The highest BCUT2D eigenvalue weighted by Crippen LogP contribution is 2.36. The van der Waals surface area contributed by atoms with Crippen molar-refractivity contribution in [3.63, 3.8) is 0 Å². The monoisotopic (exact) mass is 334 g/mol. The van der Waals surface area contributed by atoms with Crippen LogP contribution < -0.4 is 9.47 Å². The fourth-order valence-corrected chi connectivity index (χ4v) is 3.23.